The molecule has 2 aliphatic heterocycles. The van der Waals surface area contributed by atoms with Crippen molar-refractivity contribution < 1.29 is 19.0 Å². The van der Waals surface area contributed by atoms with E-state index in [1.165, 1.54) is 6.20 Å². The maximum Gasteiger partial charge on any atom is 0.254 e. The lowest BCUT2D eigenvalue weighted by Crippen LogP contribution is -2.52. The zero-order chi connectivity index (χ0) is 18.3. The van der Waals surface area contributed by atoms with Gasteiger partial charge in [0.25, 0.3) is 5.91 Å². The quantitative estimate of drug-likeness (QED) is 0.859. The molecule has 1 aromatic heterocycles. The van der Waals surface area contributed by atoms with Crippen molar-refractivity contribution in [2.75, 3.05) is 7.11 Å². The van der Waals surface area contributed by atoms with Crippen LogP contribution in [-0.2, 0) is 5.60 Å². The van der Waals surface area contributed by atoms with Gasteiger partial charge >= 0.3 is 0 Å². The van der Waals surface area contributed by atoms with Gasteiger partial charge in [-0.1, -0.05) is 12.1 Å². The summed E-state index contributed by atoms with van der Waals surface area (Å²) in [5, 5.41) is 11.1. The van der Waals surface area contributed by atoms with Crippen molar-refractivity contribution >= 4 is 5.91 Å². The van der Waals surface area contributed by atoms with Crippen molar-refractivity contribution in [1.82, 2.24) is 9.88 Å². The first-order valence-electron chi connectivity index (χ1n) is 8.82. The highest BCUT2D eigenvalue weighted by atomic mass is 19.1. The third kappa shape index (κ3) is 2.74. The SMILES string of the molecule is COc1cccc(C(=O)N2C3CCC2CC(O)(c2cccnc2F)C3)c1. The summed E-state index contributed by atoms with van der Waals surface area (Å²) in [4.78, 5) is 18.6. The molecule has 4 rings (SSSR count). The highest BCUT2D eigenvalue weighted by Gasteiger charge is 2.51. The van der Waals surface area contributed by atoms with E-state index in [2.05, 4.69) is 4.98 Å². The van der Waals surface area contributed by atoms with Gasteiger partial charge < -0.3 is 14.7 Å². The van der Waals surface area contributed by atoms with E-state index in [1.807, 2.05) is 4.90 Å². The number of halogens is 1. The lowest BCUT2D eigenvalue weighted by atomic mass is 9.80. The molecular weight excluding hydrogens is 335 g/mol. The Bertz CT molecular complexity index is 827. The van der Waals surface area contributed by atoms with Crippen molar-refractivity contribution in [3.8, 4) is 5.75 Å². The number of carbonyl (C=O) groups is 1. The Morgan fingerprint density at radius 3 is 2.65 bits per heavy atom. The van der Waals surface area contributed by atoms with Gasteiger partial charge in [0.05, 0.1) is 12.7 Å². The average Bonchev–Trinajstić information content (AvgIpc) is 2.93. The summed E-state index contributed by atoms with van der Waals surface area (Å²) in [5.41, 5.74) is -0.486. The van der Waals surface area contributed by atoms with Gasteiger partial charge in [0, 0.05) is 42.2 Å². The van der Waals surface area contributed by atoms with Gasteiger partial charge in [0.15, 0.2) is 0 Å². The molecule has 5 nitrogen and oxygen atoms in total. The van der Waals surface area contributed by atoms with Crippen LogP contribution in [0.2, 0.25) is 0 Å². The molecule has 136 valence electrons. The molecule has 3 heterocycles. The molecule has 0 radical (unpaired) electrons. The molecule has 6 heteroatoms. The molecule has 0 aliphatic carbocycles. The van der Waals surface area contributed by atoms with Gasteiger partial charge in [-0.15, -0.1) is 0 Å². The van der Waals surface area contributed by atoms with Crippen LogP contribution in [0.4, 0.5) is 4.39 Å². The first-order valence-corrected chi connectivity index (χ1v) is 8.82. The van der Waals surface area contributed by atoms with Crippen LogP contribution in [0.1, 0.15) is 41.6 Å². The molecule has 2 atom stereocenters. The fourth-order valence-corrected chi connectivity index (χ4v) is 4.41. The van der Waals surface area contributed by atoms with Crippen LogP contribution in [0.15, 0.2) is 42.6 Å². The molecule has 1 N–H and O–H groups in total. The van der Waals surface area contributed by atoms with Gasteiger partial charge in [0.1, 0.15) is 5.75 Å². The third-order valence-corrected chi connectivity index (χ3v) is 5.58. The lowest BCUT2D eigenvalue weighted by Gasteiger charge is -2.44. The van der Waals surface area contributed by atoms with Crippen molar-refractivity contribution in [3.63, 3.8) is 0 Å². The second-order valence-electron chi connectivity index (χ2n) is 7.11. The van der Waals surface area contributed by atoms with Gasteiger partial charge in [0.2, 0.25) is 5.95 Å². The molecular formula is C20H21FN2O3. The Hall–Kier alpha value is -2.47. The first kappa shape index (κ1) is 17.0. The predicted molar refractivity (Wildman–Crippen MR) is 93.3 cm³/mol. The Morgan fingerprint density at radius 2 is 2.00 bits per heavy atom. The number of methoxy groups -OCH3 is 1. The molecule has 0 spiro atoms. The Balaban J connectivity index is 1.61. The zero-order valence-corrected chi connectivity index (χ0v) is 14.6. The molecule has 2 unspecified atom stereocenters. The summed E-state index contributed by atoms with van der Waals surface area (Å²) in [6.45, 7) is 0. The summed E-state index contributed by atoms with van der Waals surface area (Å²) >= 11 is 0. The number of aliphatic hydroxyl groups is 1. The number of aromatic nitrogens is 1. The summed E-state index contributed by atoms with van der Waals surface area (Å²) in [7, 11) is 1.57. The van der Waals surface area contributed by atoms with E-state index in [4.69, 9.17) is 4.74 Å². The summed E-state index contributed by atoms with van der Waals surface area (Å²) in [5.74, 6) is -0.0683. The largest absolute Gasteiger partial charge is 0.497 e. The summed E-state index contributed by atoms with van der Waals surface area (Å²) in [6.07, 6.45) is 3.64. The van der Waals surface area contributed by atoms with E-state index in [-0.39, 0.29) is 23.6 Å². The average molecular weight is 356 g/mol. The number of ether oxygens (including phenoxy) is 1. The number of nitrogens with zero attached hydrogens (tertiary/aromatic N) is 2. The highest BCUT2D eigenvalue weighted by molar-refractivity contribution is 5.95. The number of pyridine rings is 1. The van der Waals surface area contributed by atoms with E-state index in [1.54, 1.807) is 43.5 Å². The number of hydrogen-bond acceptors (Lipinski definition) is 4. The van der Waals surface area contributed by atoms with Crippen LogP contribution in [0, 0.1) is 5.95 Å². The molecule has 2 aromatic rings. The number of amides is 1. The van der Waals surface area contributed by atoms with Crippen LogP contribution in [0.5, 0.6) is 5.75 Å². The number of carbonyl (C=O) groups excluding carboxylic acids is 1. The van der Waals surface area contributed by atoms with Crippen LogP contribution in [-0.4, -0.2) is 40.1 Å². The second kappa shape index (κ2) is 6.36. The van der Waals surface area contributed by atoms with Crippen molar-refractivity contribution in [3.05, 3.63) is 59.7 Å². The van der Waals surface area contributed by atoms with Crippen LogP contribution in [0.3, 0.4) is 0 Å². The monoisotopic (exact) mass is 356 g/mol. The van der Waals surface area contributed by atoms with E-state index in [9.17, 15) is 14.3 Å². The van der Waals surface area contributed by atoms with E-state index in [0.717, 1.165) is 12.8 Å². The smallest absolute Gasteiger partial charge is 0.254 e. The van der Waals surface area contributed by atoms with Crippen LogP contribution >= 0.6 is 0 Å². The van der Waals surface area contributed by atoms with Crippen molar-refractivity contribution in [1.29, 1.82) is 0 Å². The summed E-state index contributed by atoms with van der Waals surface area (Å²) in [6, 6.07) is 10.1. The van der Waals surface area contributed by atoms with Gasteiger partial charge in [-0.05, 0) is 37.1 Å². The molecule has 1 aromatic carbocycles. The van der Waals surface area contributed by atoms with Crippen LogP contribution < -0.4 is 4.74 Å². The van der Waals surface area contributed by atoms with Gasteiger partial charge in [-0.25, -0.2) is 4.98 Å². The molecule has 26 heavy (non-hydrogen) atoms. The second-order valence-corrected chi connectivity index (χ2v) is 7.11. The number of rotatable bonds is 3. The lowest BCUT2D eigenvalue weighted by molar-refractivity contribution is -0.0504. The Labute approximate surface area is 151 Å². The molecule has 2 bridgehead atoms. The van der Waals surface area contributed by atoms with E-state index < -0.39 is 11.5 Å². The maximum atomic E-state index is 14.1. The van der Waals surface area contributed by atoms with Crippen molar-refractivity contribution in [2.24, 2.45) is 0 Å². The summed E-state index contributed by atoms with van der Waals surface area (Å²) < 4.78 is 19.3. The maximum absolute atomic E-state index is 14.1. The van der Waals surface area contributed by atoms with Crippen LogP contribution in [0.25, 0.3) is 0 Å². The molecule has 2 saturated heterocycles. The zero-order valence-electron chi connectivity index (χ0n) is 14.6. The minimum absolute atomic E-state index is 0.0647. The standard InChI is InChI=1S/C20H21FN2O3/c1-26-16-5-2-4-13(10-16)19(24)23-14-7-8-15(23)12-20(25,11-14)17-6-3-9-22-18(17)21/h2-6,9-10,14-15,25H,7-8,11-12H2,1H3. The fraction of sp³-hybridized carbons (Fsp3) is 0.400. The minimum atomic E-state index is -1.28. The number of benzene rings is 1. The van der Waals surface area contributed by atoms with Gasteiger partial charge in [-0.3, -0.25) is 4.79 Å². The molecule has 0 saturated carbocycles. The molecule has 2 aliphatic rings. The topological polar surface area (TPSA) is 62.7 Å². The highest BCUT2D eigenvalue weighted by Crippen LogP contribution is 2.46. The first-order chi connectivity index (χ1) is 12.5. The van der Waals surface area contributed by atoms with Crippen molar-refractivity contribution in [2.45, 2.75) is 43.4 Å². The minimum Gasteiger partial charge on any atom is -0.497 e. The normalized spacial score (nSPS) is 27.4. The Kier molecular flexibility index (Phi) is 4.15. The van der Waals surface area contributed by atoms with E-state index in [0.29, 0.717) is 24.2 Å². The number of piperidine rings is 1. The van der Waals surface area contributed by atoms with Gasteiger partial charge in [-0.2, -0.15) is 4.39 Å². The molecule has 1 amide bonds. The predicted octanol–water partition coefficient (Wildman–Crippen LogP) is 2.88. The Morgan fingerprint density at radius 1 is 1.27 bits per heavy atom. The third-order valence-electron chi connectivity index (χ3n) is 5.58. The molecule has 2 fully saturated rings. The number of fused-ring (bicyclic) bond motifs is 2. The fourth-order valence-electron chi connectivity index (χ4n) is 4.41. The van der Waals surface area contributed by atoms with E-state index >= 15 is 0 Å². The number of hydrogen-bond donors (Lipinski definition) is 1.